The Kier molecular flexibility index (Phi) is 6.14. The molecule has 0 aliphatic rings. The fourth-order valence-corrected chi connectivity index (χ4v) is 1.97. The standard InChI is InChI=1S/C10H8BrCl3N2O2S/c1-18-7-3-2-5(4-6(7)11)15-9(19)16-8(17)10(12,13)14/h2-4H,1H3,(H2,15,16,17,19). The van der Waals surface area contributed by atoms with Crippen molar-refractivity contribution in [1.29, 1.82) is 0 Å². The third-order valence-electron chi connectivity index (χ3n) is 1.89. The van der Waals surface area contributed by atoms with Crippen molar-refractivity contribution in [2.45, 2.75) is 3.79 Å². The minimum atomic E-state index is -2.06. The van der Waals surface area contributed by atoms with Gasteiger partial charge in [-0.15, -0.1) is 0 Å². The molecule has 1 aromatic rings. The van der Waals surface area contributed by atoms with Crippen LogP contribution >= 0.6 is 63.0 Å². The number of thiocarbonyl (C=S) groups is 1. The van der Waals surface area contributed by atoms with Gasteiger partial charge in [0, 0.05) is 5.69 Å². The fourth-order valence-electron chi connectivity index (χ4n) is 1.08. The van der Waals surface area contributed by atoms with Crippen molar-refractivity contribution in [2.75, 3.05) is 12.4 Å². The lowest BCUT2D eigenvalue weighted by atomic mass is 10.3. The number of rotatable bonds is 2. The minimum Gasteiger partial charge on any atom is -0.496 e. The van der Waals surface area contributed by atoms with E-state index in [2.05, 4.69) is 26.6 Å². The van der Waals surface area contributed by atoms with E-state index in [1.165, 1.54) is 0 Å². The molecule has 0 bridgehead atoms. The van der Waals surface area contributed by atoms with Gasteiger partial charge in [-0.1, -0.05) is 34.8 Å². The van der Waals surface area contributed by atoms with Gasteiger partial charge in [0.15, 0.2) is 5.11 Å². The van der Waals surface area contributed by atoms with Gasteiger partial charge in [0.2, 0.25) is 0 Å². The summed E-state index contributed by atoms with van der Waals surface area (Å²) in [6.07, 6.45) is 0. The van der Waals surface area contributed by atoms with Gasteiger partial charge in [0.1, 0.15) is 5.75 Å². The summed E-state index contributed by atoms with van der Waals surface area (Å²) in [6, 6.07) is 5.18. The SMILES string of the molecule is COc1ccc(NC(=S)NC(=O)C(Cl)(Cl)Cl)cc1Br. The third kappa shape index (κ3) is 5.31. The van der Waals surface area contributed by atoms with E-state index in [4.69, 9.17) is 51.8 Å². The number of carbonyl (C=O) groups excluding carboxylic acids is 1. The summed E-state index contributed by atoms with van der Waals surface area (Å²) in [7, 11) is 1.55. The van der Waals surface area contributed by atoms with E-state index in [9.17, 15) is 4.79 Å². The van der Waals surface area contributed by atoms with Crippen molar-refractivity contribution < 1.29 is 9.53 Å². The molecule has 9 heteroatoms. The van der Waals surface area contributed by atoms with Gasteiger partial charge in [-0.3, -0.25) is 10.1 Å². The number of carbonyl (C=O) groups is 1. The second-order valence-corrected chi connectivity index (χ2v) is 6.80. The number of benzene rings is 1. The number of hydrogen-bond donors (Lipinski definition) is 2. The maximum Gasteiger partial charge on any atom is 0.278 e. The van der Waals surface area contributed by atoms with Gasteiger partial charge >= 0.3 is 0 Å². The number of hydrogen-bond acceptors (Lipinski definition) is 3. The van der Waals surface area contributed by atoms with Crippen molar-refractivity contribution in [1.82, 2.24) is 5.32 Å². The van der Waals surface area contributed by atoms with E-state index in [0.717, 1.165) is 4.47 Å². The smallest absolute Gasteiger partial charge is 0.278 e. The molecule has 0 atom stereocenters. The molecule has 19 heavy (non-hydrogen) atoms. The fraction of sp³-hybridized carbons (Fsp3) is 0.200. The molecule has 0 aliphatic heterocycles. The number of anilines is 1. The first-order valence-electron chi connectivity index (χ1n) is 4.76. The lowest BCUT2D eigenvalue weighted by molar-refractivity contribution is -0.118. The van der Waals surface area contributed by atoms with E-state index in [1.807, 2.05) is 0 Å². The van der Waals surface area contributed by atoms with E-state index in [-0.39, 0.29) is 5.11 Å². The van der Waals surface area contributed by atoms with Crippen LogP contribution < -0.4 is 15.4 Å². The highest BCUT2D eigenvalue weighted by atomic mass is 79.9. The minimum absolute atomic E-state index is 0.0217. The molecule has 1 aromatic carbocycles. The first-order valence-corrected chi connectivity index (χ1v) is 7.10. The number of alkyl halides is 3. The topological polar surface area (TPSA) is 50.4 Å². The molecule has 0 radical (unpaired) electrons. The maximum absolute atomic E-state index is 11.4. The summed E-state index contributed by atoms with van der Waals surface area (Å²) >= 11 is 24.4. The molecule has 0 spiro atoms. The first kappa shape index (κ1) is 16.8. The highest BCUT2D eigenvalue weighted by Crippen LogP contribution is 2.28. The second kappa shape index (κ2) is 6.95. The van der Waals surface area contributed by atoms with E-state index in [1.54, 1.807) is 25.3 Å². The Morgan fingerprint density at radius 2 is 2.05 bits per heavy atom. The zero-order chi connectivity index (χ0) is 14.6. The van der Waals surface area contributed by atoms with Crippen molar-refractivity contribution in [2.24, 2.45) is 0 Å². The molecule has 0 unspecified atom stereocenters. The molecular formula is C10H8BrCl3N2O2S. The molecule has 0 aliphatic carbocycles. The molecule has 4 nitrogen and oxygen atoms in total. The summed E-state index contributed by atoms with van der Waals surface area (Å²) in [6.45, 7) is 0. The molecule has 0 aromatic heterocycles. The molecule has 0 saturated carbocycles. The predicted molar refractivity (Wildman–Crippen MR) is 85.3 cm³/mol. The molecule has 1 rings (SSSR count). The van der Waals surface area contributed by atoms with Crippen LogP contribution in [0.4, 0.5) is 5.69 Å². The zero-order valence-corrected chi connectivity index (χ0v) is 14.1. The van der Waals surface area contributed by atoms with Gasteiger partial charge in [-0.25, -0.2) is 0 Å². The van der Waals surface area contributed by atoms with Gasteiger partial charge < -0.3 is 10.1 Å². The van der Waals surface area contributed by atoms with Gasteiger partial charge in [0.25, 0.3) is 9.70 Å². The number of nitrogens with one attached hydrogen (secondary N) is 2. The summed E-state index contributed by atoms with van der Waals surface area (Å²) < 4.78 is 3.75. The summed E-state index contributed by atoms with van der Waals surface area (Å²) in [5.74, 6) is -0.163. The van der Waals surface area contributed by atoms with Crippen LogP contribution in [0.15, 0.2) is 22.7 Å². The van der Waals surface area contributed by atoms with Crippen LogP contribution in [0.25, 0.3) is 0 Å². The molecule has 1 amide bonds. The quantitative estimate of drug-likeness (QED) is 0.582. The van der Waals surface area contributed by atoms with Gasteiger partial charge in [-0.05, 0) is 46.3 Å². The number of amides is 1. The van der Waals surface area contributed by atoms with Crippen LogP contribution in [0.2, 0.25) is 0 Å². The monoisotopic (exact) mass is 404 g/mol. The number of ether oxygens (including phenoxy) is 1. The van der Waals surface area contributed by atoms with Crippen LogP contribution in [-0.4, -0.2) is 21.9 Å². The van der Waals surface area contributed by atoms with Crippen molar-refractivity contribution in [3.8, 4) is 5.75 Å². The van der Waals surface area contributed by atoms with Crippen LogP contribution in [-0.2, 0) is 4.79 Å². The Hall–Kier alpha value is -0.270. The highest BCUT2D eigenvalue weighted by Gasteiger charge is 2.31. The molecular weight excluding hydrogens is 398 g/mol. The van der Waals surface area contributed by atoms with E-state index < -0.39 is 9.70 Å². The van der Waals surface area contributed by atoms with Crippen LogP contribution in [0.3, 0.4) is 0 Å². The highest BCUT2D eigenvalue weighted by molar-refractivity contribution is 9.10. The lowest BCUT2D eigenvalue weighted by Gasteiger charge is -2.14. The van der Waals surface area contributed by atoms with Gasteiger partial charge in [-0.2, -0.15) is 0 Å². The molecule has 0 fully saturated rings. The first-order chi connectivity index (χ1) is 8.74. The third-order valence-corrected chi connectivity index (χ3v) is 3.23. The Morgan fingerprint density at radius 3 is 2.53 bits per heavy atom. The summed E-state index contributed by atoms with van der Waals surface area (Å²) in [4.78, 5) is 11.4. The average molecular weight is 407 g/mol. The van der Waals surface area contributed by atoms with Crippen molar-refractivity contribution >= 4 is 79.7 Å². The Balaban J connectivity index is 2.68. The molecule has 2 N–H and O–H groups in total. The molecule has 0 heterocycles. The maximum atomic E-state index is 11.4. The number of methoxy groups -OCH3 is 1. The average Bonchev–Trinajstić information content (AvgIpc) is 2.27. The molecule has 0 saturated heterocycles. The largest absolute Gasteiger partial charge is 0.496 e. The van der Waals surface area contributed by atoms with Crippen molar-refractivity contribution in [3.05, 3.63) is 22.7 Å². The Morgan fingerprint density at radius 1 is 1.42 bits per heavy atom. The predicted octanol–water partition coefficient (Wildman–Crippen LogP) is 3.64. The van der Waals surface area contributed by atoms with Gasteiger partial charge in [0.05, 0.1) is 11.6 Å². The Labute approximate surface area is 138 Å². The summed E-state index contributed by atoms with van der Waals surface area (Å²) in [5, 5.41) is 5.05. The zero-order valence-electron chi connectivity index (χ0n) is 9.47. The second-order valence-electron chi connectivity index (χ2n) is 3.26. The lowest BCUT2D eigenvalue weighted by Crippen LogP contribution is -2.41. The number of halogens is 4. The van der Waals surface area contributed by atoms with E-state index >= 15 is 0 Å². The molecule has 104 valence electrons. The van der Waals surface area contributed by atoms with Crippen LogP contribution in [0.1, 0.15) is 0 Å². The van der Waals surface area contributed by atoms with Crippen LogP contribution in [0.5, 0.6) is 5.75 Å². The van der Waals surface area contributed by atoms with Crippen molar-refractivity contribution in [3.63, 3.8) is 0 Å². The Bertz CT molecular complexity index is 508. The normalized spacial score (nSPS) is 10.8. The summed E-state index contributed by atoms with van der Waals surface area (Å²) in [5.41, 5.74) is 0.641. The van der Waals surface area contributed by atoms with E-state index in [0.29, 0.717) is 11.4 Å². The van der Waals surface area contributed by atoms with Crippen LogP contribution in [0, 0.1) is 0 Å².